The van der Waals surface area contributed by atoms with Crippen LogP contribution in [0.25, 0.3) is 17.0 Å². The van der Waals surface area contributed by atoms with Crippen molar-refractivity contribution in [1.82, 2.24) is 0 Å². The van der Waals surface area contributed by atoms with Gasteiger partial charge < -0.3 is 9.73 Å². The highest BCUT2D eigenvalue weighted by molar-refractivity contribution is 9.10. The molecule has 0 unspecified atom stereocenters. The van der Waals surface area contributed by atoms with Crippen LogP contribution in [0.1, 0.15) is 5.76 Å². The number of fused-ring (bicyclic) bond motifs is 1. The van der Waals surface area contributed by atoms with Gasteiger partial charge in [0.25, 0.3) is 0 Å². The van der Waals surface area contributed by atoms with E-state index in [0.29, 0.717) is 5.76 Å². The molecule has 3 aromatic rings. The van der Waals surface area contributed by atoms with E-state index in [1.165, 1.54) is 6.08 Å². The van der Waals surface area contributed by atoms with Crippen molar-refractivity contribution in [1.29, 1.82) is 0 Å². The van der Waals surface area contributed by atoms with Crippen molar-refractivity contribution in [2.75, 3.05) is 5.32 Å². The minimum Gasteiger partial charge on any atom is -0.457 e. The molecule has 0 aliphatic carbocycles. The lowest BCUT2D eigenvalue weighted by atomic mass is 10.2. The Hall–Kier alpha value is -2.33. The maximum atomic E-state index is 11.8. The lowest BCUT2D eigenvalue weighted by Crippen LogP contribution is -2.07. The van der Waals surface area contributed by atoms with E-state index in [1.807, 2.05) is 54.6 Å². The van der Waals surface area contributed by atoms with Gasteiger partial charge in [0.1, 0.15) is 11.3 Å². The van der Waals surface area contributed by atoms with E-state index in [4.69, 9.17) is 4.42 Å². The van der Waals surface area contributed by atoms with Gasteiger partial charge in [-0.15, -0.1) is 0 Å². The average Bonchev–Trinajstić information content (AvgIpc) is 2.88. The number of nitrogens with one attached hydrogen (secondary N) is 1. The molecule has 0 spiro atoms. The summed E-state index contributed by atoms with van der Waals surface area (Å²) in [5, 5.41) is 3.77. The minimum absolute atomic E-state index is 0.192. The lowest BCUT2D eigenvalue weighted by molar-refractivity contribution is -0.111. The zero-order valence-electron chi connectivity index (χ0n) is 11.0. The molecule has 1 amide bonds. The summed E-state index contributed by atoms with van der Waals surface area (Å²) in [5.74, 6) is 0.453. The second kappa shape index (κ2) is 5.97. The standard InChI is InChI=1S/C17H12BrNO2/c18-13-6-8-16-12(10-13)11-15(21-16)7-9-17(20)19-14-4-2-1-3-5-14/h1-11H,(H,19,20)/b9-7+. The molecule has 104 valence electrons. The van der Waals surface area contributed by atoms with E-state index in [-0.39, 0.29) is 5.91 Å². The molecule has 3 rings (SSSR count). The molecule has 4 heteroatoms. The fourth-order valence-electron chi connectivity index (χ4n) is 1.98. The molecule has 2 aromatic carbocycles. The van der Waals surface area contributed by atoms with Gasteiger partial charge in [-0.25, -0.2) is 0 Å². The van der Waals surface area contributed by atoms with Crippen LogP contribution in [0.2, 0.25) is 0 Å². The fourth-order valence-corrected chi connectivity index (χ4v) is 2.36. The number of anilines is 1. The maximum absolute atomic E-state index is 11.8. The van der Waals surface area contributed by atoms with E-state index in [1.54, 1.807) is 6.08 Å². The quantitative estimate of drug-likeness (QED) is 0.692. The minimum atomic E-state index is -0.192. The van der Waals surface area contributed by atoms with Gasteiger partial charge in [0.2, 0.25) is 5.91 Å². The Morgan fingerprint density at radius 1 is 1.10 bits per heavy atom. The molecule has 1 aromatic heterocycles. The summed E-state index contributed by atoms with van der Waals surface area (Å²) in [6.07, 6.45) is 3.12. The molecule has 0 fully saturated rings. The monoisotopic (exact) mass is 341 g/mol. The number of halogens is 1. The molecule has 21 heavy (non-hydrogen) atoms. The summed E-state index contributed by atoms with van der Waals surface area (Å²) in [5.41, 5.74) is 1.56. The predicted octanol–water partition coefficient (Wildman–Crippen LogP) is 4.85. The van der Waals surface area contributed by atoms with Gasteiger partial charge in [-0.05, 0) is 42.5 Å². The molecule has 0 radical (unpaired) electrons. The van der Waals surface area contributed by atoms with Crippen molar-refractivity contribution in [2.24, 2.45) is 0 Å². The van der Waals surface area contributed by atoms with Crippen LogP contribution in [0, 0.1) is 0 Å². The van der Waals surface area contributed by atoms with Crippen molar-refractivity contribution < 1.29 is 9.21 Å². The number of amides is 1. The summed E-state index contributed by atoms with van der Waals surface area (Å²) >= 11 is 3.42. The fraction of sp³-hybridized carbons (Fsp3) is 0. The third kappa shape index (κ3) is 3.41. The molecular weight excluding hydrogens is 330 g/mol. The van der Waals surface area contributed by atoms with Crippen LogP contribution in [-0.2, 0) is 4.79 Å². The van der Waals surface area contributed by atoms with Crippen LogP contribution in [0.15, 0.2) is 69.6 Å². The molecule has 0 aliphatic heterocycles. The maximum Gasteiger partial charge on any atom is 0.248 e. The second-order valence-corrected chi connectivity index (χ2v) is 5.44. The smallest absolute Gasteiger partial charge is 0.248 e. The topological polar surface area (TPSA) is 42.2 Å². The zero-order chi connectivity index (χ0) is 14.7. The highest BCUT2D eigenvalue weighted by Gasteiger charge is 2.02. The van der Waals surface area contributed by atoms with Crippen molar-refractivity contribution >= 4 is 44.6 Å². The highest BCUT2D eigenvalue weighted by atomic mass is 79.9. The van der Waals surface area contributed by atoms with Crippen LogP contribution >= 0.6 is 15.9 Å². The average molecular weight is 342 g/mol. The van der Waals surface area contributed by atoms with Crippen molar-refractivity contribution in [2.45, 2.75) is 0 Å². The molecule has 0 saturated carbocycles. The number of rotatable bonds is 3. The predicted molar refractivity (Wildman–Crippen MR) is 88.0 cm³/mol. The van der Waals surface area contributed by atoms with Gasteiger partial charge in [-0.3, -0.25) is 4.79 Å². The van der Waals surface area contributed by atoms with Crippen LogP contribution < -0.4 is 5.32 Å². The summed E-state index contributed by atoms with van der Waals surface area (Å²) in [6.45, 7) is 0. The van der Waals surface area contributed by atoms with Gasteiger partial charge in [0, 0.05) is 21.6 Å². The SMILES string of the molecule is O=C(/C=C/c1cc2cc(Br)ccc2o1)Nc1ccccc1. The van der Waals surface area contributed by atoms with E-state index in [9.17, 15) is 4.79 Å². The third-order valence-electron chi connectivity index (χ3n) is 2.94. The van der Waals surface area contributed by atoms with E-state index in [2.05, 4.69) is 21.2 Å². The van der Waals surface area contributed by atoms with E-state index in [0.717, 1.165) is 21.1 Å². The molecule has 1 N–H and O–H groups in total. The number of hydrogen-bond donors (Lipinski definition) is 1. The van der Waals surface area contributed by atoms with E-state index >= 15 is 0 Å². The first-order valence-electron chi connectivity index (χ1n) is 6.44. The third-order valence-corrected chi connectivity index (χ3v) is 3.43. The Balaban J connectivity index is 1.73. The summed E-state index contributed by atoms with van der Waals surface area (Å²) in [4.78, 5) is 11.8. The Labute approximate surface area is 130 Å². The number of carbonyl (C=O) groups excluding carboxylic acids is 1. The lowest BCUT2D eigenvalue weighted by Gasteiger charge is -1.99. The van der Waals surface area contributed by atoms with Gasteiger partial charge in [-0.1, -0.05) is 34.1 Å². The Morgan fingerprint density at radius 3 is 2.71 bits per heavy atom. The number of hydrogen-bond acceptors (Lipinski definition) is 2. The van der Waals surface area contributed by atoms with Crippen molar-refractivity contribution in [3.8, 4) is 0 Å². The highest BCUT2D eigenvalue weighted by Crippen LogP contribution is 2.23. The van der Waals surface area contributed by atoms with Crippen LogP contribution in [0.3, 0.4) is 0 Å². The number of carbonyl (C=O) groups is 1. The Bertz CT molecular complexity index is 806. The van der Waals surface area contributed by atoms with Crippen LogP contribution in [0.4, 0.5) is 5.69 Å². The Morgan fingerprint density at radius 2 is 1.90 bits per heavy atom. The van der Waals surface area contributed by atoms with E-state index < -0.39 is 0 Å². The van der Waals surface area contributed by atoms with Crippen molar-refractivity contribution in [3.63, 3.8) is 0 Å². The van der Waals surface area contributed by atoms with Gasteiger partial charge in [-0.2, -0.15) is 0 Å². The molecule has 0 bridgehead atoms. The van der Waals surface area contributed by atoms with Crippen LogP contribution in [-0.4, -0.2) is 5.91 Å². The van der Waals surface area contributed by atoms with Crippen LogP contribution in [0.5, 0.6) is 0 Å². The second-order valence-electron chi connectivity index (χ2n) is 4.52. The normalized spacial score (nSPS) is 11.1. The summed E-state index contributed by atoms with van der Waals surface area (Å²) in [6, 6.07) is 17.0. The molecule has 0 atom stereocenters. The number of benzene rings is 2. The molecular formula is C17H12BrNO2. The molecule has 0 saturated heterocycles. The summed E-state index contributed by atoms with van der Waals surface area (Å²) < 4.78 is 6.63. The molecule has 0 aliphatic rings. The largest absolute Gasteiger partial charge is 0.457 e. The molecule has 3 nitrogen and oxygen atoms in total. The van der Waals surface area contributed by atoms with Crippen molar-refractivity contribution in [3.05, 3.63) is 70.9 Å². The van der Waals surface area contributed by atoms with Gasteiger partial charge in [0.15, 0.2) is 0 Å². The first-order valence-corrected chi connectivity index (χ1v) is 7.23. The first-order chi connectivity index (χ1) is 10.2. The first kappa shape index (κ1) is 13.6. The number of para-hydroxylation sites is 1. The van der Waals surface area contributed by atoms with Gasteiger partial charge >= 0.3 is 0 Å². The zero-order valence-corrected chi connectivity index (χ0v) is 12.6. The molecule has 1 heterocycles. The Kier molecular flexibility index (Phi) is 3.88. The van der Waals surface area contributed by atoms with Gasteiger partial charge in [0.05, 0.1) is 0 Å². The summed E-state index contributed by atoms with van der Waals surface area (Å²) in [7, 11) is 0. The number of furan rings is 1.